The SMILES string of the molecule is Cc1cncc(C2=CCC3C4CCC(=O)N5CCCC5(C)C4CCC23C)c1. The highest BCUT2D eigenvalue weighted by Gasteiger charge is 2.58. The third-order valence-corrected chi connectivity index (χ3v) is 8.68. The van der Waals surface area contributed by atoms with Crippen LogP contribution in [0, 0.1) is 30.1 Å². The Hall–Kier alpha value is -1.64. The predicted octanol–water partition coefficient (Wildman–Crippen LogP) is 5.00. The number of carbonyl (C=O) groups excluding carboxylic acids is 1. The number of pyridine rings is 1. The zero-order valence-electron chi connectivity index (χ0n) is 17.0. The van der Waals surface area contributed by atoms with E-state index in [1.165, 1.54) is 48.8 Å². The zero-order chi connectivity index (χ0) is 18.8. The van der Waals surface area contributed by atoms with Crippen LogP contribution in [-0.2, 0) is 4.79 Å². The number of aromatic nitrogens is 1. The number of hydrogen-bond donors (Lipinski definition) is 0. The summed E-state index contributed by atoms with van der Waals surface area (Å²) in [6.07, 6.45) is 14.4. The second-order valence-corrected chi connectivity index (χ2v) is 9.98. The average Bonchev–Trinajstić information content (AvgIpc) is 3.17. The summed E-state index contributed by atoms with van der Waals surface area (Å²) in [6, 6.07) is 2.30. The van der Waals surface area contributed by atoms with Gasteiger partial charge in [0.25, 0.3) is 0 Å². The first-order valence-corrected chi connectivity index (χ1v) is 10.9. The van der Waals surface area contributed by atoms with Crippen LogP contribution >= 0.6 is 0 Å². The van der Waals surface area contributed by atoms with E-state index in [0.29, 0.717) is 23.7 Å². The first kappa shape index (κ1) is 17.5. The Morgan fingerprint density at radius 1 is 1.15 bits per heavy atom. The lowest BCUT2D eigenvalue weighted by Crippen LogP contribution is -2.53. The van der Waals surface area contributed by atoms with Gasteiger partial charge in [0.1, 0.15) is 0 Å². The normalized spacial score (nSPS) is 40.9. The molecular weight excluding hydrogens is 332 g/mol. The van der Waals surface area contributed by atoms with Gasteiger partial charge in [-0.1, -0.05) is 13.0 Å². The van der Waals surface area contributed by atoms with Crippen molar-refractivity contribution >= 4 is 11.5 Å². The third-order valence-electron chi connectivity index (χ3n) is 8.68. The van der Waals surface area contributed by atoms with E-state index in [-0.39, 0.29) is 11.0 Å². The van der Waals surface area contributed by atoms with Gasteiger partial charge in [-0.25, -0.2) is 0 Å². The van der Waals surface area contributed by atoms with E-state index in [1.807, 2.05) is 6.20 Å². The third kappa shape index (κ3) is 2.39. The molecule has 1 aromatic heterocycles. The van der Waals surface area contributed by atoms with Crippen LogP contribution in [0.5, 0.6) is 0 Å². The van der Waals surface area contributed by atoms with Crippen LogP contribution in [0.3, 0.4) is 0 Å². The minimum atomic E-state index is 0.104. The molecule has 4 aliphatic rings. The summed E-state index contributed by atoms with van der Waals surface area (Å²) in [6.45, 7) is 8.02. The van der Waals surface area contributed by atoms with E-state index in [1.54, 1.807) is 0 Å². The minimum absolute atomic E-state index is 0.104. The lowest BCUT2D eigenvalue weighted by Gasteiger charge is -2.53. The van der Waals surface area contributed by atoms with Gasteiger partial charge in [0.15, 0.2) is 0 Å². The highest BCUT2D eigenvalue weighted by atomic mass is 16.2. The van der Waals surface area contributed by atoms with Crippen molar-refractivity contribution in [3.05, 3.63) is 35.7 Å². The molecule has 1 saturated carbocycles. The van der Waals surface area contributed by atoms with E-state index in [9.17, 15) is 4.79 Å². The van der Waals surface area contributed by atoms with Crippen molar-refractivity contribution in [2.24, 2.45) is 23.2 Å². The number of aryl methyl sites for hydroxylation is 1. The number of carbonyl (C=O) groups is 1. The molecule has 0 bridgehead atoms. The van der Waals surface area contributed by atoms with E-state index in [2.05, 4.69) is 49.0 Å². The van der Waals surface area contributed by atoms with Gasteiger partial charge in [-0.05, 0) is 98.3 Å². The fourth-order valence-electron chi connectivity index (χ4n) is 7.39. The van der Waals surface area contributed by atoms with Crippen LogP contribution in [0.4, 0.5) is 0 Å². The molecule has 3 fully saturated rings. The summed E-state index contributed by atoms with van der Waals surface area (Å²) in [5, 5.41) is 0. The Bertz CT molecular complexity index is 814. The summed E-state index contributed by atoms with van der Waals surface area (Å²) in [7, 11) is 0. The Labute approximate surface area is 163 Å². The second kappa shape index (κ2) is 5.93. The highest BCUT2D eigenvalue weighted by molar-refractivity contribution is 5.78. The molecule has 3 heterocycles. The molecule has 5 atom stereocenters. The van der Waals surface area contributed by atoms with E-state index >= 15 is 0 Å². The quantitative estimate of drug-likeness (QED) is 0.702. The van der Waals surface area contributed by atoms with Crippen LogP contribution in [-0.4, -0.2) is 27.9 Å². The van der Waals surface area contributed by atoms with E-state index in [0.717, 1.165) is 19.4 Å². The van der Waals surface area contributed by atoms with Gasteiger partial charge in [0.05, 0.1) is 0 Å². The number of amides is 1. The van der Waals surface area contributed by atoms with Crippen LogP contribution in [0.15, 0.2) is 24.5 Å². The largest absolute Gasteiger partial charge is 0.337 e. The Kier molecular flexibility index (Phi) is 3.83. The highest BCUT2D eigenvalue weighted by Crippen LogP contribution is 2.63. The molecule has 5 unspecified atom stereocenters. The second-order valence-electron chi connectivity index (χ2n) is 9.98. The molecule has 1 amide bonds. The maximum atomic E-state index is 12.8. The number of allylic oxidation sites excluding steroid dienone is 2. The van der Waals surface area contributed by atoms with E-state index in [4.69, 9.17) is 0 Å². The number of nitrogens with zero attached hydrogens (tertiary/aromatic N) is 2. The Morgan fingerprint density at radius 2 is 2.00 bits per heavy atom. The molecule has 1 aromatic rings. The number of hydrogen-bond acceptors (Lipinski definition) is 2. The van der Waals surface area contributed by atoms with Gasteiger partial charge >= 0.3 is 0 Å². The number of fused-ring (bicyclic) bond motifs is 5. The lowest BCUT2D eigenvalue weighted by molar-refractivity contribution is -0.135. The predicted molar refractivity (Wildman–Crippen MR) is 108 cm³/mol. The monoisotopic (exact) mass is 364 g/mol. The van der Waals surface area contributed by atoms with Crippen LogP contribution < -0.4 is 0 Å². The zero-order valence-corrected chi connectivity index (χ0v) is 17.0. The summed E-state index contributed by atoms with van der Waals surface area (Å²) in [5.41, 5.74) is 4.42. The van der Waals surface area contributed by atoms with Crippen molar-refractivity contribution in [1.82, 2.24) is 9.88 Å². The molecule has 0 radical (unpaired) electrons. The topological polar surface area (TPSA) is 33.2 Å². The summed E-state index contributed by atoms with van der Waals surface area (Å²) in [5.74, 6) is 2.44. The minimum Gasteiger partial charge on any atom is -0.337 e. The van der Waals surface area contributed by atoms with Crippen molar-refractivity contribution in [1.29, 1.82) is 0 Å². The molecule has 0 spiro atoms. The Balaban J connectivity index is 1.50. The fourth-order valence-corrected chi connectivity index (χ4v) is 7.39. The Morgan fingerprint density at radius 3 is 2.81 bits per heavy atom. The van der Waals surface area contributed by atoms with Crippen LogP contribution in [0.1, 0.15) is 69.9 Å². The molecule has 2 saturated heterocycles. The fraction of sp³-hybridized carbons (Fsp3) is 0.667. The molecule has 27 heavy (non-hydrogen) atoms. The van der Waals surface area contributed by atoms with Gasteiger partial charge in [-0.2, -0.15) is 0 Å². The van der Waals surface area contributed by atoms with Crippen molar-refractivity contribution in [3.8, 4) is 0 Å². The summed E-state index contributed by atoms with van der Waals surface area (Å²) < 4.78 is 0. The van der Waals surface area contributed by atoms with Gasteiger partial charge in [0, 0.05) is 30.9 Å². The molecule has 3 heteroatoms. The van der Waals surface area contributed by atoms with Gasteiger partial charge in [-0.3, -0.25) is 9.78 Å². The van der Waals surface area contributed by atoms with Crippen molar-refractivity contribution in [2.45, 2.75) is 71.3 Å². The molecule has 144 valence electrons. The van der Waals surface area contributed by atoms with Gasteiger partial charge in [-0.15, -0.1) is 0 Å². The summed E-state index contributed by atoms with van der Waals surface area (Å²) >= 11 is 0. The maximum Gasteiger partial charge on any atom is 0.223 e. The van der Waals surface area contributed by atoms with Crippen molar-refractivity contribution in [2.75, 3.05) is 6.54 Å². The van der Waals surface area contributed by atoms with Gasteiger partial charge in [0.2, 0.25) is 5.91 Å². The molecule has 3 nitrogen and oxygen atoms in total. The first-order chi connectivity index (χ1) is 12.9. The van der Waals surface area contributed by atoms with Crippen molar-refractivity contribution in [3.63, 3.8) is 0 Å². The van der Waals surface area contributed by atoms with Gasteiger partial charge < -0.3 is 4.90 Å². The van der Waals surface area contributed by atoms with Crippen molar-refractivity contribution < 1.29 is 4.79 Å². The molecule has 2 aliphatic heterocycles. The molecule has 2 aliphatic carbocycles. The molecule has 5 rings (SSSR count). The molecule has 0 aromatic carbocycles. The van der Waals surface area contributed by atoms with Crippen LogP contribution in [0.2, 0.25) is 0 Å². The van der Waals surface area contributed by atoms with E-state index < -0.39 is 0 Å². The standard InChI is InChI=1S/C24H32N2O/c1-16-13-17(15-25-14-16)19-6-7-20-18-5-8-22(27)26-12-4-10-24(26,3)21(18)9-11-23(19,20)2/h6,13-15,18,20-21H,4-5,7-12H2,1-3H3. The average molecular weight is 365 g/mol. The molecule has 0 N–H and O–H groups in total. The van der Waals surface area contributed by atoms with Crippen LogP contribution in [0.25, 0.3) is 5.57 Å². The first-order valence-electron chi connectivity index (χ1n) is 10.9. The molecular formula is C24H32N2O. The lowest BCUT2D eigenvalue weighted by atomic mass is 9.54. The number of rotatable bonds is 1. The maximum absolute atomic E-state index is 12.8. The summed E-state index contributed by atoms with van der Waals surface area (Å²) in [4.78, 5) is 19.6. The smallest absolute Gasteiger partial charge is 0.223 e.